The lowest BCUT2D eigenvalue weighted by Gasteiger charge is -2.10. The Morgan fingerprint density at radius 3 is 2.58 bits per heavy atom. The van der Waals surface area contributed by atoms with Crippen molar-refractivity contribution in [3.63, 3.8) is 0 Å². The van der Waals surface area contributed by atoms with Crippen LogP contribution in [0.25, 0.3) is 0 Å². The van der Waals surface area contributed by atoms with Gasteiger partial charge in [-0.3, -0.25) is 19.7 Å². The van der Waals surface area contributed by atoms with Gasteiger partial charge < -0.3 is 15.2 Å². The summed E-state index contributed by atoms with van der Waals surface area (Å²) in [6.45, 7) is 1.31. The Hall–Kier alpha value is -2.64. The molecule has 0 radical (unpaired) electrons. The summed E-state index contributed by atoms with van der Waals surface area (Å²) in [5, 5.41) is 21.6. The van der Waals surface area contributed by atoms with Gasteiger partial charge in [0.1, 0.15) is 6.04 Å². The van der Waals surface area contributed by atoms with Gasteiger partial charge in [-0.25, -0.2) is 0 Å². The molecule has 1 atom stereocenters. The van der Waals surface area contributed by atoms with Gasteiger partial charge >= 0.3 is 11.7 Å². The lowest BCUT2D eigenvalue weighted by atomic mass is 10.1. The molecule has 102 valence electrons. The molecule has 0 aromatic heterocycles. The topological polar surface area (TPSA) is 119 Å². The smallest absolute Gasteiger partial charge is 0.325 e. The van der Waals surface area contributed by atoms with Crippen molar-refractivity contribution >= 4 is 17.6 Å². The molecular formula is C11H12N2O6. The second-order valence-corrected chi connectivity index (χ2v) is 3.68. The molecule has 8 heteroatoms. The summed E-state index contributed by atoms with van der Waals surface area (Å²) in [5.74, 6) is -1.90. The van der Waals surface area contributed by atoms with E-state index in [1.54, 1.807) is 0 Å². The SMILES string of the molecule is COc1cc(C(=O)N[C@H](C)C(=O)O)ccc1[N+](=O)[O-]. The predicted molar refractivity (Wildman–Crippen MR) is 64.2 cm³/mol. The number of nitro benzene ring substituents is 1. The Morgan fingerprint density at radius 1 is 1.47 bits per heavy atom. The molecule has 8 nitrogen and oxygen atoms in total. The first-order valence-corrected chi connectivity index (χ1v) is 5.23. The fourth-order valence-electron chi connectivity index (χ4n) is 1.31. The number of carboxylic acid groups (broad SMARTS) is 1. The number of rotatable bonds is 5. The van der Waals surface area contributed by atoms with E-state index in [4.69, 9.17) is 9.84 Å². The van der Waals surface area contributed by atoms with Crippen LogP contribution in [0, 0.1) is 10.1 Å². The van der Waals surface area contributed by atoms with E-state index in [2.05, 4.69) is 5.32 Å². The molecule has 0 bridgehead atoms. The molecule has 0 aliphatic rings. The van der Waals surface area contributed by atoms with E-state index >= 15 is 0 Å². The highest BCUT2D eigenvalue weighted by Crippen LogP contribution is 2.27. The molecule has 19 heavy (non-hydrogen) atoms. The molecule has 2 N–H and O–H groups in total. The first kappa shape index (κ1) is 14.4. The van der Waals surface area contributed by atoms with E-state index in [0.29, 0.717) is 0 Å². The molecule has 0 fully saturated rings. The maximum atomic E-state index is 11.7. The van der Waals surface area contributed by atoms with Crippen molar-refractivity contribution in [1.29, 1.82) is 0 Å². The number of hydrogen-bond donors (Lipinski definition) is 2. The van der Waals surface area contributed by atoms with E-state index in [1.165, 1.54) is 26.2 Å². The van der Waals surface area contributed by atoms with Gasteiger partial charge in [-0.05, 0) is 13.0 Å². The number of carbonyl (C=O) groups is 2. The number of amides is 1. The van der Waals surface area contributed by atoms with Crippen LogP contribution in [0.2, 0.25) is 0 Å². The van der Waals surface area contributed by atoms with Crippen molar-refractivity contribution in [2.45, 2.75) is 13.0 Å². The average Bonchev–Trinajstić information content (AvgIpc) is 2.37. The highest BCUT2D eigenvalue weighted by Gasteiger charge is 2.19. The highest BCUT2D eigenvalue weighted by molar-refractivity contribution is 5.97. The molecule has 1 rings (SSSR count). The maximum absolute atomic E-state index is 11.7. The van der Waals surface area contributed by atoms with Crippen LogP contribution in [0.4, 0.5) is 5.69 Å². The van der Waals surface area contributed by atoms with Crippen LogP contribution in [0.5, 0.6) is 5.75 Å². The third-order valence-electron chi connectivity index (χ3n) is 2.36. The largest absolute Gasteiger partial charge is 0.490 e. The zero-order valence-electron chi connectivity index (χ0n) is 10.2. The number of nitrogens with one attached hydrogen (secondary N) is 1. The Bertz CT molecular complexity index is 528. The zero-order valence-corrected chi connectivity index (χ0v) is 10.2. The number of carbonyl (C=O) groups excluding carboxylic acids is 1. The Morgan fingerprint density at radius 2 is 2.11 bits per heavy atom. The van der Waals surface area contributed by atoms with Crippen LogP contribution in [-0.4, -0.2) is 35.1 Å². The van der Waals surface area contributed by atoms with Crippen LogP contribution in [0.1, 0.15) is 17.3 Å². The minimum atomic E-state index is -1.18. The monoisotopic (exact) mass is 268 g/mol. The van der Waals surface area contributed by atoms with Crippen molar-refractivity contribution in [1.82, 2.24) is 5.32 Å². The van der Waals surface area contributed by atoms with Crippen molar-refractivity contribution in [2.75, 3.05) is 7.11 Å². The summed E-state index contributed by atoms with van der Waals surface area (Å²) >= 11 is 0. The third-order valence-corrected chi connectivity index (χ3v) is 2.36. The number of aliphatic carboxylic acids is 1. The fourth-order valence-corrected chi connectivity index (χ4v) is 1.31. The molecular weight excluding hydrogens is 256 g/mol. The number of benzene rings is 1. The molecule has 0 spiro atoms. The number of hydrogen-bond acceptors (Lipinski definition) is 5. The first-order valence-electron chi connectivity index (χ1n) is 5.23. The second kappa shape index (κ2) is 5.80. The Balaban J connectivity index is 2.99. The first-order chi connectivity index (χ1) is 8.86. The van der Waals surface area contributed by atoms with Crippen molar-refractivity contribution in [3.05, 3.63) is 33.9 Å². The molecule has 0 unspecified atom stereocenters. The normalized spacial score (nSPS) is 11.5. The lowest BCUT2D eigenvalue weighted by molar-refractivity contribution is -0.385. The van der Waals surface area contributed by atoms with Crippen LogP contribution in [-0.2, 0) is 4.79 Å². The number of nitro groups is 1. The van der Waals surface area contributed by atoms with E-state index in [1.807, 2.05) is 0 Å². The van der Waals surface area contributed by atoms with E-state index in [0.717, 1.165) is 6.07 Å². The van der Waals surface area contributed by atoms with E-state index < -0.39 is 22.8 Å². The van der Waals surface area contributed by atoms with E-state index in [9.17, 15) is 19.7 Å². The Kier molecular flexibility index (Phi) is 4.41. The van der Waals surface area contributed by atoms with Crippen molar-refractivity contribution in [2.24, 2.45) is 0 Å². The summed E-state index contributed by atoms with van der Waals surface area (Å²) in [6, 6.07) is 2.47. The molecule has 0 saturated heterocycles. The number of nitrogens with zero attached hydrogens (tertiary/aromatic N) is 1. The molecule has 1 aromatic rings. The lowest BCUT2D eigenvalue weighted by Crippen LogP contribution is -2.38. The summed E-state index contributed by atoms with van der Waals surface area (Å²) < 4.78 is 4.81. The van der Waals surface area contributed by atoms with Gasteiger partial charge in [-0.1, -0.05) is 0 Å². The Labute approximate surface area is 108 Å². The fraction of sp³-hybridized carbons (Fsp3) is 0.273. The van der Waals surface area contributed by atoms with Gasteiger partial charge in [0.15, 0.2) is 5.75 Å². The maximum Gasteiger partial charge on any atom is 0.325 e. The summed E-state index contributed by atoms with van der Waals surface area (Å²) in [4.78, 5) is 32.4. The third kappa shape index (κ3) is 3.41. The minimum absolute atomic E-state index is 0.0689. The van der Waals surface area contributed by atoms with Gasteiger partial charge in [0.2, 0.25) is 0 Å². The van der Waals surface area contributed by atoms with Crippen LogP contribution >= 0.6 is 0 Å². The van der Waals surface area contributed by atoms with Crippen LogP contribution < -0.4 is 10.1 Å². The molecule has 0 heterocycles. The van der Waals surface area contributed by atoms with Gasteiger partial charge in [0, 0.05) is 17.7 Å². The minimum Gasteiger partial charge on any atom is -0.490 e. The number of ether oxygens (including phenoxy) is 1. The van der Waals surface area contributed by atoms with Crippen LogP contribution in [0.3, 0.4) is 0 Å². The van der Waals surface area contributed by atoms with Gasteiger partial charge in [-0.2, -0.15) is 0 Å². The van der Waals surface area contributed by atoms with Gasteiger partial charge in [-0.15, -0.1) is 0 Å². The van der Waals surface area contributed by atoms with Crippen LogP contribution in [0.15, 0.2) is 18.2 Å². The number of methoxy groups -OCH3 is 1. The van der Waals surface area contributed by atoms with Crippen molar-refractivity contribution < 1.29 is 24.4 Å². The predicted octanol–water partition coefficient (Wildman–Crippen LogP) is 0.806. The summed E-state index contributed by atoms with van der Waals surface area (Å²) in [5.41, 5.74) is -0.194. The van der Waals surface area contributed by atoms with Gasteiger partial charge in [0.25, 0.3) is 5.91 Å². The standard InChI is InChI=1S/C11H12N2O6/c1-6(11(15)16)12-10(14)7-3-4-8(13(17)18)9(5-7)19-2/h3-6H,1-2H3,(H,12,14)(H,15,16)/t6-/m1/s1. The molecule has 1 amide bonds. The number of carboxylic acids is 1. The van der Waals surface area contributed by atoms with Crippen molar-refractivity contribution in [3.8, 4) is 5.75 Å². The van der Waals surface area contributed by atoms with E-state index in [-0.39, 0.29) is 17.0 Å². The average molecular weight is 268 g/mol. The van der Waals surface area contributed by atoms with Gasteiger partial charge in [0.05, 0.1) is 12.0 Å². The second-order valence-electron chi connectivity index (χ2n) is 3.68. The quantitative estimate of drug-likeness (QED) is 0.602. The summed E-state index contributed by atoms with van der Waals surface area (Å²) in [7, 11) is 1.24. The molecule has 0 aliphatic heterocycles. The molecule has 0 saturated carbocycles. The highest BCUT2D eigenvalue weighted by atomic mass is 16.6. The zero-order chi connectivity index (χ0) is 14.6. The molecule has 1 aromatic carbocycles. The molecule has 0 aliphatic carbocycles. The summed E-state index contributed by atoms with van der Waals surface area (Å²) in [6.07, 6.45) is 0.